The lowest BCUT2D eigenvalue weighted by molar-refractivity contribution is 0.0184. The Morgan fingerprint density at radius 2 is 1.86 bits per heavy atom. The minimum atomic E-state index is -0.286. The molecule has 5 rings (SSSR count). The molecule has 1 aromatic heterocycles. The minimum absolute atomic E-state index is 0.0589. The van der Waals surface area contributed by atoms with E-state index in [1.54, 1.807) is 18.2 Å². The number of ether oxygens (including phenoxy) is 2. The van der Waals surface area contributed by atoms with Crippen LogP contribution in [0.2, 0.25) is 0 Å². The molecule has 1 saturated heterocycles. The Bertz CT molecular complexity index is 1290. The fraction of sp³-hybridized carbons (Fsp3) is 0.321. The monoisotopic (exact) mass is 493 g/mol. The van der Waals surface area contributed by atoms with E-state index in [1.165, 1.54) is 11.3 Å². The second-order valence-corrected chi connectivity index (χ2v) is 10.0. The molecule has 182 valence electrons. The van der Waals surface area contributed by atoms with E-state index in [1.807, 2.05) is 37.3 Å². The number of allylic oxidation sites excluding steroid dienone is 4. The molecule has 1 aliphatic carbocycles. The van der Waals surface area contributed by atoms with E-state index in [4.69, 9.17) is 9.47 Å². The molecule has 2 heterocycles. The van der Waals surface area contributed by atoms with E-state index in [2.05, 4.69) is 11.0 Å². The molecule has 0 spiro atoms. The lowest BCUT2D eigenvalue weighted by Gasteiger charge is -2.38. The molecule has 1 fully saturated rings. The fourth-order valence-corrected chi connectivity index (χ4v) is 5.58. The van der Waals surface area contributed by atoms with Crippen molar-refractivity contribution in [2.45, 2.75) is 32.3 Å². The number of fused-ring (bicyclic) bond motifs is 1. The van der Waals surface area contributed by atoms with Gasteiger partial charge in [-0.15, -0.1) is 11.3 Å². The number of alkyl halides is 1. The predicted molar refractivity (Wildman–Crippen MR) is 137 cm³/mol. The van der Waals surface area contributed by atoms with Gasteiger partial charge < -0.3 is 14.6 Å². The lowest BCUT2D eigenvalue weighted by Crippen LogP contribution is -2.53. The molecule has 0 saturated carbocycles. The van der Waals surface area contributed by atoms with Crippen LogP contribution in [0, 0.1) is 0 Å². The summed E-state index contributed by atoms with van der Waals surface area (Å²) in [5.74, 6) is 1.94. The highest BCUT2D eigenvalue weighted by Crippen LogP contribution is 2.43. The highest BCUT2D eigenvalue weighted by molar-refractivity contribution is 7.21. The molecule has 1 aliphatic heterocycles. The van der Waals surface area contributed by atoms with Gasteiger partial charge in [-0.3, -0.25) is 14.1 Å². The Kier molecular flexibility index (Phi) is 6.88. The van der Waals surface area contributed by atoms with Crippen LogP contribution in [0.1, 0.15) is 35.9 Å². The summed E-state index contributed by atoms with van der Waals surface area (Å²) in [4.78, 5) is 16.2. The number of phenolic OH excluding ortho intramolecular Hbond substituents is 1. The van der Waals surface area contributed by atoms with E-state index >= 15 is 0 Å². The van der Waals surface area contributed by atoms with Crippen LogP contribution in [0.25, 0.3) is 10.1 Å². The SMILES string of the molecule is CC1=CCCC=C1C(=O)c1sc2cc(O)ccc2c1Oc1ccc(OC2CN(CCCF)C2)cc1. The van der Waals surface area contributed by atoms with Crippen LogP contribution < -0.4 is 9.47 Å². The van der Waals surface area contributed by atoms with E-state index in [9.17, 15) is 14.3 Å². The molecule has 1 N–H and O–H groups in total. The summed E-state index contributed by atoms with van der Waals surface area (Å²) in [6.45, 7) is 4.06. The number of nitrogens with zero attached hydrogens (tertiary/aromatic N) is 1. The first-order chi connectivity index (χ1) is 17.0. The average molecular weight is 494 g/mol. The van der Waals surface area contributed by atoms with Crippen molar-refractivity contribution in [2.75, 3.05) is 26.3 Å². The van der Waals surface area contributed by atoms with Crippen molar-refractivity contribution >= 4 is 27.2 Å². The standard InChI is InChI=1S/C28H28FNO4S/c1-18-5-2-3-6-23(18)26(32)28-27(24-12-7-19(31)15-25(24)35-28)34-21-10-8-20(9-11-21)33-22-16-30(17-22)14-4-13-29/h5-12,15,22,31H,2-4,13-14,16-17H2,1H3. The highest BCUT2D eigenvalue weighted by atomic mass is 32.1. The molecule has 0 radical (unpaired) electrons. The summed E-state index contributed by atoms with van der Waals surface area (Å²) in [5.41, 5.74) is 1.69. The van der Waals surface area contributed by atoms with Gasteiger partial charge in [-0.05, 0) is 74.2 Å². The minimum Gasteiger partial charge on any atom is -0.508 e. The van der Waals surface area contributed by atoms with Gasteiger partial charge in [0.2, 0.25) is 5.78 Å². The van der Waals surface area contributed by atoms with Crippen molar-refractivity contribution in [3.05, 3.63) is 70.6 Å². The number of benzene rings is 2. The third-order valence-corrected chi connectivity index (χ3v) is 7.48. The quantitative estimate of drug-likeness (QED) is 0.337. The van der Waals surface area contributed by atoms with E-state index in [0.29, 0.717) is 28.4 Å². The molecule has 0 bridgehead atoms. The molecule has 35 heavy (non-hydrogen) atoms. The number of thiophene rings is 1. The summed E-state index contributed by atoms with van der Waals surface area (Å²) >= 11 is 1.33. The van der Waals surface area contributed by atoms with E-state index in [0.717, 1.165) is 53.9 Å². The number of halogens is 1. The van der Waals surface area contributed by atoms with Gasteiger partial charge in [0, 0.05) is 35.3 Å². The molecule has 7 heteroatoms. The van der Waals surface area contributed by atoms with Crippen molar-refractivity contribution in [2.24, 2.45) is 0 Å². The van der Waals surface area contributed by atoms with Gasteiger partial charge in [-0.1, -0.05) is 12.2 Å². The normalized spacial score (nSPS) is 16.5. The van der Waals surface area contributed by atoms with Gasteiger partial charge in [0.15, 0.2) is 5.75 Å². The summed E-state index contributed by atoms with van der Waals surface area (Å²) in [6.07, 6.45) is 6.54. The molecule has 2 aliphatic rings. The number of rotatable bonds is 9. The van der Waals surface area contributed by atoms with Gasteiger partial charge in [0.1, 0.15) is 28.2 Å². The number of ketones is 1. The van der Waals surface area contributed by atoms with Crippen LogP contribution in [0.15, 0.2) is 65.8 Å². The number of hydrogen-bond donors (Lipinski definition) is 1. The summed E-state index contributed by atoms with van der Waals surface area (Å²) in [5, 5.41) is 10.8. The van der Waals surface area contributed by atoms with E-state index in [-0.39, 0.29) is 24.3 Å². The predicted octanol–water partition coefficient (Wildman–Crippen LogP) is 6.67. The molecule has 0 atom stereocenters. The van der Waals surface area contributed by atoms with Gasteiger partial charge in [0.05, 0.1) is 6.67 Å². The molecule has 0 unspecified atom stereocenters. The van der Waals surface area contributed by atoms with Crippen molar-refractivity contribution in [3.8, 4) is 23.0 Å². The van der Waals surface area contributed by atoms with Crippen LogP contribution in [-0.2, 0) is 0 Å². The maximum Gasteiger partial charge on any atom is 0.206 e. The number of carbonyl (C=O) groups is 1. The van der Waals surface area contributed by atoms with Crippen LogP contribution in [0.4, 0.5) is 4.39 Å². The number of phenols is 1. The Balaban J connectivity index is 1.35. The molecular weight excluding hydrogens is 465 g/mol. The average Bonchev–Trinajstić information content (AvgIpc) is 3.18. The third kappa shape index (κ3) is 5.11. The highest BCUT2D eigenvalue weighted by Gasteiger charge is 2.28. The number of hydrogen-bond acceptors (Lipinski definition) is 6. The zero-order valence-corrected chi connectivity index (χ0v) is 20.4. The van der Waals surface area contributed by atoms with Crippen LogP contribution in [0.3, 0.4) is 0 Å². The van der Waals surface area contributed by atoms with Gasteiger partial charge in [0.25, 0.3) is 0 Å². The number of Topliss-reactive ketones (excluding diaryl/α,β-unsaturated/α-hetero) is 1. The molecular formula is C28H28FNO4S. The zero-order valence-electron chi connectivity index (χ0n) is 19.6. The Labute approximate surface area is 208 Å². The third-order valence-electron chi connectivity index (χ3n) is 6.35. The molecule has 0 amide bonds. The van der Waals surface area contributed by atoms with Crippen LogP contribution in [0.5, 0.6) is 23.0 Å². The van der Waals surface area contributed by atoms with Crippen LogP contribution >= 0.6 is 11.3 Å². The zero-order chi connectivity index (χ0) is 24.4. The maximum atomic E-state index is 13.5. The summed E-state index contributed by atoms with van der Waals surface area (Å²) in [6, 6.07) is 12.4. The fourth-order valence-electron chi connectivity index (χ4n) is 4.46. The van der Waals surface area contributed by atoms with Crippen LogP contribution in [-0.4, -0.2) is 48.2 Å². The van der Waals surface area contributed by atoms with E-state index < -0.39 is 0 Å². The van der Waals surface area contributed by atoms with Crippen molar-refractivity contribution in [1.29, 1.82) is 0 Å². The first-order valence-electron chi connectivity index (χ1n) is 11.9. The first-order valence-corrected chi connectivity index (χ1v) is 12.7. The second kappa shape index (κ2) is 10.2. The maximum absolute atomic E-state index is 13.5. The molecule has 3 aromatic rings. The van der Waals surface area contributed by atoms with Crippen molar-refractivity contribution in [1.82, 2.24) is 4.90 Å². The summed E-state index contributed by atoms with van der Waals surface area (Å²) in [7, 11) is 0. The smallest absolute Gasteiger partial charge is 0.206 e. The Morgan fingerprint density at radius 1 is 1.11 bits per heavy atom. The first kappa shape index (κ1) is 23.6. The Morgan fingerprint density at radius 3 is 2.60 bits per heavy atom. The van der Waals surface area contributed by atoms with Crippen molar-refractivity contribution in [3.63, 3.8) is 0 Å². The Hall–Kier alpha value is -3.16. The molecule has 5 nitrogen and oxygen atoms in total. The number of likely N-dealkylation sites (tertiary alicyclic amines) is 1. The largest absolute Gasteiger partial charge is 0.508 e. The van der Waals surface area contributed by atoms with Crippen molar-refractivity contribution < 1.29 is 23.8 Å². The number of carbonyl (C=O) groups excluding carboxylic acids is 1. The molecule has 2 aromatic carbocycles. The van der Waals surface area contributed by atoms with Gasteiger partial charge in [-0.25, -0.2) is 0 Å². The second-order valence-electron chi connectivity index (χ2n) is 8.97. The van der Waals surface area contributed by atoms with Gasteiger partial charge >= 0.3 is 0 Å². The topological polar surface area (TPSA) is 59.0 Å². The van der Waals surface area contributed by atoms with Gasteiger partial charge in [-0.2, -0.15) is 0 Å². The summed E-state index contributed by atoms with van der Waals surface area (Å²) < 4.78 is 25.4. The lowest BCUT2D eigenvalue weighted by atomic mass is 9.95. The number of aromatic hydroxyl groups is 1.